The molecular formula is C24H26ClN3O2. The third-order valence-electron chi connectivity index (χ3n) is 5.67. The number of aliphatic hydroxyl groups excluding tert-OH is 1. The van der Waals surface area contributed by atoms with Crippen molar-refractivity contribution in [3.63, 3.8) is 0 Å². The lowest BCUT2D eigenvalue weighted by atomic mass is 9.99. The number of fused-ring (bicyclic) bond motifs is 1. The first kappa shape index (κ1) is 20.7. The molecule has 1 amide bonds. The van der Waals surface area contributed by atoms with Crippen molar-refractivity contribution in [2.24, 2.45) is 0 Å². The maximum Gasteiger partial charge on any atom is 0.253 e. The highest BCUT2D eigenvalue weighted by Crippen LogP contribution is 2.27. The van der Waals surface area contributed by atoms with E-state index in [1.165, 1.54) is 0 Å². The number of carbonyl (C=O) groups excluding carboxylic acids is 1. The number of nitrogens with one attached hydrogen (secondary N) is 2. The molecule has 1 heterocycles. The fourth-order valence-corrected chi connectivity index (χ4v) is 4.25. The molecule has 0 bridgehead atoms. The second kappa shape index (κ2) is 9.04. The monoisotopic (exact) mass is 423 g/mol. The molecule has 3 aromatic carbocycles. The average Bonchev–Trinajstić information content (AvgIpc) is 2.78. The number of anilines is 1. The van der Waals surface area contributed by atoms with E-state index in [-0.39, 0.29) is 24.6 Å². The zero-order valence-electron chi connectivity index (χ0n) is 16.9. The van der Waals surface area contributed by atoms with Gasteiger partial charge < -0.3 is 20.6 Å². The summed E-state index contributed by atoms with van der Waals surface area (Å²) in [5.41, 5.74) is 2.46. The van der Waals surface area contributed by atoms with Gasteiger partial charge in [0.05, 0.1) is 23.2 Å². The Morgan fingerprint density at radius 3 is 2.87 bits per heavy atom. The molecule has 0 aliphatic carbocycles. The van der Waals surface area contributed by atoms with Crippen LogP contribution in [-0.4, -0.2) is 43.3 Å². The second-order valence-corrected chi connectivity index (χ2v) is 8.11. The molecule has 4 rings (SSSR count). The van der Waals surface area contributed by atoms with Crippen LogP contribution in [-0.2, 0) is 0 Å². The SMILES string of the molecule is C[C@@H](NC(=O)c1cc(N2CCNC(CO)C2)ccc1Cl)c1cccc2ccccc12. The van der Waals surface area contributed by atoms with Crippen molar-refractivity contribution in [1.82, 2.24) is 10.6 Å². The van der Waals surface area contributed by atoms with E-state index >= 15 is 0 Å². The van der Waals surface area contributed by atoms with Crippen LogP contribution in [0.5, 0.6) is 0 Å². The first-order chi connectivity index (χ1) is 14.6. The van der Waals surface area contributed by atoms with Crippen molar-refractivity contribution in [3.8, 4) is 0 Å². The minimum absolute atomic E-state index is 0.0260. The van der Waals surface area contributed by atoms with Crippen molar-refractivity contribution in [2.45, 2.75) is 19.0 Å². The van der Waals surface area contributed by atoms with Crippen LogP contribution < -0.4 is 15.5 Å². The minimum atomic E-state index is -0.198. The van der Waals surface area contributed by atoms with Crippen molar-refractivity contribution < 1.29 is 9.90 Å². The zero-order chi connectivity index (χ0) is 21.1. The Kier molecular flexibility index (Phi) is 6.23. The van der Waals surface area contributed by atoms with Gasteiger partial charge in [0.1, 0.15) is 0 Å². The number of nitrogens with zero attached hydrogens (tertiary/aromatic N) is 1. The summed E-state index contributed by atoms with van der Waals surface area (Å²) in [6.07, 6.45) is 0. The van der Waals surface area contributed by atoms with Crippen LogP contribution in [0.3, 0.4) is 0 Å². The van der Waals surface area contributed by atoms with Gasteiger partial charge in [0, 0.05) is 31.4 Å². The Hall–Kier alpha value is -2.60. The Bertz CT molecular complexity index is 1050. The van der Waals surface area contributed by atoms with Gasteiger partial charge in [-0.25, -0.2) is 0 Å². The van der Waals surface area contributed by atoms with Gasteiger partial charge in [-0.05, 0) is 41.5 Å². The standard InChI is InChI=1S/C24H26ClN3O2/c1-16(20-8-4-6-17-5-2-3-7-21(17)20)27-24(30)22-13-19(9-10-23(22)25)28-12-11-26-18(14-28)15-29/h2-10,13,16,18,26,29H,11-12,14-15H2,1H3,(H,27,30)/t16-,18?/m1/s1. The predicted octanol–water partition coefficient (Wildman–Crippen LogP) is 3.75. The first-order valence-corrected chi connectivity index (χ1v) is 10.6. The number of carbonyl (C=O) groups is 1. The number of benzene rings is 3. The fourth-order valence-electron chi connectivity index (χ4n) is 4.05. The number of amides is 1. The molecule has 1 saturated heterocycles. The zero-order valence-corrected chi connectivity index (χ0v) is 17.7. The lowest BCUT2D eigenvalue weighted by Crippen LogP contribution is -2.52. The maximum atomic E-state index is 13.1. The second-order valence-electron chi connectivity index (χ2n) is 7.71. The summed E-state index contributed by atoms with van der Waals surface area (Å²) in [6, 6.07) is 19.7. The molecule has 6 heteroatoms. The van der Waals surface area contributed by atoms with E-state index in [1.54, 1.807) is 6.07 Å². The summed E-state index contributed by atoms with van der Waals surface area (Å²) >= 11 is 6.38. The quantitative estimate of drug-likeness (QED) is 0.584. The molecule has 1 unspecified atom stereocenters. The van der Waals surface area contributed by atoms with E-state index in [4.69, 9.17) is 11.6 Å². The summed E-state index contributed by atoms with van der Waals surface area (Å²) in [4.78, 5) is 15.2. The van der Waals surface area contributed by atoms with Gasteiger partial charge in [-0.2, -0.15) is 0 Å². The van der Waals surface area contributed by atoms with Crippen molar-refractivity contribution in [1.29, 1.82) is 0 Å². The Balaban J connectivity index is 1.55. The van der Waals surface area contributed by atoms with E-state index in [0.29, 0.717) is 17.1 Å². The highest BCUT2D eigenvalue weighted by atomic mass is 35.5. The summed E-state index contributed by atoms with van der Waals surface area (Å²) in [7, 11) is 0. The van der Waals surface area contributed by atoms with E-state index in [9.17, 15) is 9.90 Å². The number of piperazine rings is 1. The number of hydrogen-bond acceptors (Lipinski definition) is 4. The molecule has 1 fully saturated rings. The summed E-state index contributed by atoms with van der Waals surface area (Å²) < 4.78 is 0. The minimum Gasteiger partial charge on any atom is -0.395 e. The molecular weight excluding hydrogens is 398 g/mol. The number of aliphatic hydroxyl groups is 1. The topological polar surface area (TPSA) is 64.6 Å². The van der Waals surface area contributed by atoms with Gasteiger partial charge in [-0.15, -0.1) is 0 Å². The Morgan fingerprint density at radius 2 is 2.03 bits per heavy atom. The van der Waals surface area contributed by atoms with Gasteiger partial charge in [0.25, 0.3) is 5.91 Å². The van der Waals surface area contributed by atoms with E-state index < -0.39 is 0 Å². The van der Waals surface area contributed by atoms with Gasteiger partial charge >= 0.3 is 0 Å². The molecule has 0 saturated carbocycles. The fraction of sp³-hybridized carbons (Fsp3) is 0.292. The largest absolute Gasteiger partial charge is 0.395 e. The Morgan fingerprint density at radius 1 is 1.23 bits per heavy atom. The van der Waals surface area contributed by atoms with Crippen LogP contribution in [0.15, 0.2) is 60.7 Å². The van der Waals surface area contributed by atoms with E-state index in [0.717, 1.165) is 35.1 Å². The maximum absolute atomic E-state index is 13.1. The van der Waals surface area contributed by atoms with Crippen LogP contribution in [0.25, 0.3) is 10.8 Å². The smallest absolute Gasteiger partial charge is 0.253 e. The Labute approximate surface area is 181 Å². The molecule has 5 nitrogen and oxygen atoms in total. The first-order valence-electron chi connectivity index (χ1n) is 10.2. The normalized spacial score (nSPS) is 17.7. The van der Waals surface area contributed by atoms with Crippen LogP contribution in [0.2, 0.25) is 5.02 Å². The van der Waals surface area contributed by atoms with Gasteiger partial charge in [0.2, 0.25) is 0 Å². The van der Waals surface area contributed by atoms with Gasteiger partial charge in [-0.1, -0.05) is 54.1 Å². The molecule has 156 valence electrons. The van der Waals surface area contributed by atoms with Crippen molar-refractivity contribution in [2.75, 3.05) is 31.1 Å². The van der Waals surface area contributed by atoms with Crippen LogP contribution in [0, 0.1) is 0 Å². The average molecular weight is 424 g/mol. The van der Waals surface area contributed by atoms with E-state index in [2.05, 4.69) is 33.7 Å². The third kappa shape index (κ3) is 4.29. The van der Waals surface area contributed by atoms with Crippen LogP contribution in [0.1, 0.15) is 28.9 Å². The molecule has 2 atom stereocenters. The summed E-state index contributed by atoms with van der Waals surface area (Å²) in [6.45, 7) is 4.35. The predicted molar refractivity (Wildman–Crippen MR) is 122 cm³/mol. The number of halogens is 1. The molecule has 1 aliphatic heterocycles. The lowest BCUT2D eigenvalue weighted by molar-refractivity contribution is 0.0940. The summed E-state index contributed by atoms with van der Waals surface area (Å²) in [5, 5.41) is 18.5. The molecule has 0 radical (unpaired) electrons. The third-order valence-corrected chi connectivity index (χ3v) is 6.00. The van der Waals surface area contributed by atoms with E-state index in [1.807, 2.05) is 43.3 Å². The molecule has 1 aliphatic rings. The van der Waals surface area contributed by atoms with Gasteiger partial charge in [-0.3, -0.25) is 4.79 Å². The highest BCUT2D eigenvalue weighted by Gasteiger charge is 2.21. The molecule has 3 N–H and O–H groups in total. The van der Waals surface area contributed by atoms with Crippen LogP contribution in [0.4, 0.5) is 5.69 Å². The highest BCUT2D eigenvalue weighted by molar-refractivity contribution is 6.34. The molecule has 30 heavy (non-hydrogen) atoms. The lowest BCUT2D eigenvalue weighted by Gasteiger charge is -2.34. The number of hydrogen-bond donors (Lipinski definition) is 3. The van der Waals surface area contributed by atoms with Gasteiger partial charge in [0.15, 0.2) is 0 Å². The summed E-state index contributed by atoms with van der Waals surface area (Å²) in [5.74, 6) is -0.198. The molecule has 3 aromatic rings. The van der Waals surface area contributed by atoms with Crippen molar-refractivity contribution in [3.05, 3.63) is 76.8 Å². The molecule has 0 spiro atoms. The van der Waals surface area contributed by atoms with Crippen LogP contribution >= 0.6 is 11.6 Å². The number of rotatable bonds is 5. The molecule has 0 aromatic heterocycles. The van der Waals surface area contributed by atoms with Crippen molar-refractivity contribution >= 4 is 34.0 Å².